The van der Waals surface area contributed by atoms with Gasteiger partial charge in [0.05, 0.1) is 45.5 Å². The van der Waals surface area contributed by atoms with Crippen LogP contribution in [0.1, 0.15) is 22.4 Å². The molecule has 2 heterocycles. The molecule has 7 aromatic rings. The van der Waals surface area contributed by atoms with Crippen molar-refractivity contribution in [2.75, 3.05) is 28.4 Å². The summed E-state index contributed by atoms with van der Waals surface area (Å²) in [5.41, 5.74) is 9.55. The van der Waals surface area contributed by atoms with E-state index in [0.717, 1.165) is 37.9 Å². The molecule has 0 spiro atoms. The molecule has 0 N–H and O–H groups in total. The monoisotopic (exact) mass is 768 g/mol. The third kappa shape index (κ3) is 7.42. The highest BCUT2D eigenvalue weighted by molar-refractivity contribution is 6.42. The molecule has 0 atom stereocenters. The number of aliphatic imine (C=N–C) groups is 1. The van der Waals surface area contributed by atoms with Gasteiger partial charge < -0.3 is 23.4 Å². The van der Waals surface area contributed by atoms with Crippen LogP contribution in [0.15, 0.2) is 174 Å². The van der Waals surface area contributed by atoms with Gasteiger partial charge in [0.2, 0.25) is 0 Å². The molecule has 8 rings (SSSR count). The van der Waals surface area contributed by atoms with E-state index in [0.29, 0.717) is 68.1 Å². The molecular formula is C49H39BF2N2O4. The molecule has 58 heavy (non-hydrogen) atoms. The third-order valence-corrected chi connectivity index (χ3v) is 10.3. The maximum absolute atomic E-state index is 16.2. The van der Waals surface area contributed by atoms with E-state index in [2.05, 4.69) is 0 Å². The van der Waals surface area contributed by atoms with Crippen molar-refractivity contribution in [3.63, 3.8) is 0 Å². The Morgan fingerprint density at radius 1 is 0.500 bits per heavy atom. The molecule has 9 heteroatoms. The van der Waals surface area contributed by atoms with Crippen LogP contribution in [0.4, 0.5) is 8.63 Å². The maximum atomic E-state index is 16.2. The van der Waals surface area contributed by atoms with Crippen LogP contribution in [0.5, 0.6) is 23.0 Å². The summed E-state index contributed by atoms with van der Waals surface area (Å²) in [5.74, 6) is 2.68. The molecule has 0 fully saturated rings. The highest BCUT2D eigenvalue weighted by Gasteiger charge is 2.34. The SMILES string of the molecule is COc1ccc(C2=CC(c3ccc(OC)cc3)=N/C2=C(/c2ccc(-c3ccccc3)cc2)c2c(-c3ccc(OC)cc3)cc(-c3ccc(OC)cc3)n2B(F)F)cc1. The number of methoxy groups -OCH3 is 4. The average molecular weight is 769 g/mol. The van der Waals surface area contributed by atoms with Gasteiger partial charge in [0.25, 0.3) is 0 Å². The van der Waals surface area contributed by atoms with Gasteiger partial charge in [-0.15, -0.1) is 0 Å². The van der Waals surface area contributed by atoms with E-state index in [1.165, 1.54) is 0 Å². The van der Waals surface area contributed by atoms with Crippen molar-refractivity contribution in [2.45, 2.75) is 0 Å². The Bertz CT molecular complexity index is 2630. The minimum absolute atomic E-state index is 0.313. The Morgan fingerprint density at radius 2 is 0.948 bits per heavy atom. The summed E-state index contributed by atoms with van der Waals surface area (Å²) in [5, 5.41) is 0. The summed E-state index contributed by atoms with van der Waals surface area (Å²) in [6.45, 7) is 0. The van der Waals surface area contributed by atoms with E-state index in [9.17, 15) is 0 Å². The number of hydrogen-bond acceptors (Lipinski definition) is 5. The lowest BCUT2D eigenvalue weighted by Gasteiger charge is -2.20. The summed E-state index contributed by atoms with van der Waals surface area (Å²) in [6, 6.07) is 49.9. The lowest BCUT2D eigenvalue weighted by Crippen LogP contribution is -2.18. The fourth-order valence-electron chi connectivity index (χ4n) is 7.31. The first-order valence-electron chi connectivity index (χ1n) is 18.7. The molecule has 0 amide bonds. The Labute approximate surface area is 337 Å². The molecule has 1 aromatic heterocycles. The molecule has 1 aliphatic rings. The van der Waals surface area contributed by atoms with Crippen LogP contribution in [0.25, 0.3) is 44.7 Å². The van der Waals surface area contributed by atoms with Gasteiger partial charge in [-0.1, -0.05) is 78.9 Å². The molecule has 0 unspecified atom stereocenters. The summed E-state index contributed by atoms with van der Waals surface area (Å²) >= 11 is 0. The van der Waals surface area contributed by atoms with Crippen LogP contribution in [-0.2, 0) is 0 Å². The van der Waals surface area contributed by atoms with Gasteiger partial charge in [0, 0.05) is 28.0 Å². The largest absolute Gasteiger partial charge is 0.678 e. The van der Waals surface area contributed by atoms with Crippen LogP contribution in [-0.4, -0.2) is 46.0 Å². The molecule has 0 saturated heterocycles. The Kier molecular flexibility index (Phi) is 10.8. The van der Waals surface area contributed by atoms with Crippen molar-refractivity contribution in [3.8, 4) is 56.5 Å². The van der Waals surface area contributed by atoms with Crippen molar-refractivity contribution in [1.82, 2.24) is 4.48 Å². The van der Waals surface area contributed by atoms with Gasteiger partial charge in [0.1, 0.15) is 23.0 Å². The number of halogens is 2. The topological polar surface area (TPSA) is 54.2 Å². The third-order valence-electron chi connectivity index (χ3n) is 10.3. The Morgan fingerprint density at radius 3 is 1.45 bits per heavy atom. The van der Waals surface area contributed by atoms with Crippen LogP contribution < -0.4 is 18.9 Å². The van der Waals surface area contributed by atoms with Crippen LogP contribution in [0.2, 0.25) is 0 Å². The van der Waals surface area contributed by atoms with E-state index >= 15 is 8.63 Å². The number of allylic oxidation sites excluding steroid dienone is 2. The molecule has 6 aromatic carbocycles. The predicted octanol–water partition coefficient (Wildman–Crippen LogP) is 11.6. The standard InChI is InChI=1S/C49H39BF2N2O4/c1-55-39-22-14-34(15-23-39)43-30-45(36-18-26-41(57-3)27-19-36)53-48(43)47(38-12-10-33(11-13-38)32-8-6-5-7-9-32)49-44(35-16-24-40(56-2)25-17-35)31-46(54(49)50(51)52)37-20-28-42(58-4)29-21-37/h5-31H,1-4H3/b48-47-. The Hall–Kier alpha value is -7.13. The lowest BCUT2D eigenvalue weighted by molar-refractivity contribution is 0.414. The number of hydrogen-bond donors (Lipinski definition) is 0. The minimum Gasteiger partial charge on any atom is -0.497 e. The van der Waals surface area contributed by atoms with Crippen molar-refractivity contribution in [3.05, 3.63) is 192 Å². The van der Waals surface area contributed by atoms with Crippen LogP contribution >= 0.6 is 0 Å². The second kappa shape index (κ2) is 16.5. The van der Waals surface area contributed by atoms with Gasteiger partial charge >= 0.3 is 7.40 Å². The quantitative estimate of drug-likeness (QED) is 0.116. The number of rotatable bonds is 12. The number of ether oxygens (including phenoxy) is 4. The molecule has 1 aliphatic heterocycles. The van der Waals surface area contributed by atoms with Crippen molar-refractivity contribution in [1.29, 1.82) is 0 Å². The van der Waals surface area contributed by atoms with Gasteiger partial charge in [0.15, 0.2) is 0 Å². The summed E-state index contributed by atoms with van der Waals surface area (Å²) in [7, 11) is 3.49. The van der Waals surface area contributed by atoms with E-state index in [-0.39, 0.29) is 0 Å². The first-order chi connectivity index (χ1) is 28.4. The zero-order chi connectivity index (χ0) is 40.2. The second-order valence-corrected chi connectivity index (χ2v) is 13.6. The smallest absolute Gasteiger partial charge is 0.497 e. The van der Waals surface area contributed by atoms with E-state index in [1.807, 2.05) is 140 Å². The first-order valence-corrected chi connectivity index (χ1v) is 18.7. The molecule has 286 valence electrons. The molecular weight excluding hydrogens is 729 g/mol. The maximum Gasteiger partial charge on any atom is 0.678 e. The Balaban J connectivity index is 1.48. The van der Waals surface area contributed by atoms with Gasteiger partial charge in [-0.05, 0) is 118 Å². The fourth-order valence-corrected chi connectivity index (χ4v) is 7.31. The van der Waals surface area contributed by atoms with Crippen molar-refractivity contribution < 1.29 is 27.6 Å². The predicted molar refractivity (Wildman–Crippen MR) is 230 cm³/mol. The zero-order valence-electron chi connectivity index (χ0n) is 32.4. The fraction of sp³-hybridized carbons (Fsp3) is 0.0816. The van der Waals surface area contributed by atoms with Gasteiger partial charge in [-0.25, -0.2) is 4.99 Å². The number of aromatic nitrogens is 1. The summed E-state index contributed by atoms with van der Waals surface area (Å²) in [6.07, 6.45) is 2.02. The molecule has 0 saturated carbocycles. The van der Waals surface area contributed by atoms with Crippen LogP contribution in [0, 0.1) is 0 Å². The second-order valence-electron chi connectivity index (χ2n) is 13.6. The highest BCUT2D eigenvalue weighted by Crippen LogP contribution is 2.46. The summed E-state index contributed by atoms with van der Waals surface area (Å²) in [4.78, 5) is 5.35. The normalized spacial score (nSPS) is 13.1. The molecule has 6 nitrogen and oxygen atoms in total. The molecule has 0 aliphatic carbocycles. The number of nitrogens with zero attached hydrogens (tertiary/aromatic N) is 2. The van der Waals surface area contributed by atoms with Crippen molar-refractivity contribution >= 4 is 24.3 Å². The number of benzene rings is 6. The molecule has 0 radical (unpaired) electrons. The summed E-state index contributed by atoms with van der Waals surface area (Å²) < 4.78 is 55.3. The average Bonchev–Trinajstić information content (AvgIpc) is 3.91. The van der Waals surface area contributed by atoms with E-state index in [1.54, 1.807) is 52.7 Å². The zero-order valence-corrected chi connectivity index (χ0v) is 32.4. The van der Waals surface area contributed by atoms with Gasteiger partial charge in [-0.2, -0.15) is 0 Å². The van der Waals surface area contributed by atoms with Crippen molar-refractivity contribution in [2.24, 2.45) is 4.99 Å². The van der Waals surface area contributed by atoms with E-state index < -0.39 is 7.40 Å². The highest BCUT2D eigenvalue weighted by atomic mass is 19.2. The minimum atomic E-state index is -2.93. The van der Waals surface area contributed by atoms with E-state index in [4.69, 9.17) is 23.9 Å². The van der Waals surface area contributed by atoms with Crippen LogP contribution in [0.3, 0.4) is 0 Å². The first kappa shape index (κ1) is 37.8. The van der Waals surface area contributed by atoms with Gasteiger partial charge in [-0.3, -0.25) is 8.63 Å². The molecule has 0 bridgehead atoms. The lowest BCUT2D eigenvalue weighted by atomic mass is 9.89.